The molecule has 0 bridgehead atoms. The fraction of sp³-hybridized carbons (Fsp3) is 0.516. The Morgan fingerprint density at radius 2 is 1.83 bits per heavy atom. The van der Waals surface area contributed by atoms with Gasteiger partial charge in [0.05, 0.1) is 12.2 Å². The van der Waals surface area contributed by atoms with Crippen LogP contribution in [0.3, 0.4) is 0 Å². The molecule has 1 aliphatic heterocycles. The van der Waals surface area contributed by atoms with E-state index in [4.69, 9.17) is 9.72 Å². The molecule has 1 aromatic carbocycles. The molecule has 0 spiro atoms. The third kappa shape index (κ3) is 8.86. The van der Waals surface area contributed by atoms with Gasteiger partial charge in [-0.2, -0.15) is 9.35 Å². The van der Waals surface area contributed by atoms with Crippen LogP contribution in [0.1, 0.15) is 51.2 Å². The van der Waals surface area contributed by atoms with Gasteiger partial charge in [0.1, 0.15) is 11.6 Å². The number of pyridine rings is 1. The van der Waals surface area contributed by atoms with Crippen LogP contribution in [0.4, 0.5) is 34.8 Å². The lowest BCUT2D eigenvalue weighted by molar-refractivity contribution is -0.0255. The van der Waals surface area contributed by atoms with Crippen molar-refractivity contribution >= 4 is 44.5 Å². The topological polar surface area (TPSA) is 108 Å². The molecule has 11 heteroatoms. The van der Waals surface area contributed by atoms with Crippen LogP contribution < -0.4 is 15.5 Å². The number of hydrogen-bond donors (Lipinski definition) is 2. The number of anilines is 5. The van der Waals surface area contributed by atoms with Crippen molar-refractivity contribution in [2.75, 3.05) is 67.9 Å². The molecular weight excluding hydrogens is 548 g/mol. The molecule has 1 saturated heterocycles. The first-order chi connectivity index (χ1) is 19.8. The van der Waals surface area contributed by atoms with Crippen molar-refractivity contribution in [1.82, 2.24) is 19.9 Å². The lowest BCUT2D eigenvalue weighted by Gasteiger charge is -2.35. The van der Waals surface area contributed by atoms with Crippen LogP contribution in [-0.4, -0.2) is 82.0 Å². The molecule has 4 rings (SSSR count). The first-order valence-corrected chi connectivity index (χ1v) is 16.9. The quantitative estimate of drug-likeness (QED) is 0.273. The van der Waals surface area contributed by atoms with Crippen LogP contribution in [0.5, 0.6) is 0 Å². The maximum absolute atomic E-state index is 12.2. The van der Waals surface area contributed by atoms with Gasteiger partial charge in [-0.05, 0) is 70.1 Å². The van der Waals surface area contributed by atoms with Gasteiger partial charge in [0.2, 0.25) is 5.95 Å². The van der Waals surface area contributed by atoms with Gasteiger partial charge in [-0.3, -0.25) is 0 Å². The van der Waals surface area contributed by atoms with E-state index in [1.165, 1.54) is 11.3 Å². The van der Waals surface area contributed by atoms with E-state index in [0.717, 1.165) is 43.9 Å². The number of ether oxygens (including phenoxy) is 1. The molecule has 3 heterocycles. The second-order valence-electron chi connectivity index (χ2n) is 12.0. The Morgan fingerprint density at radius 3 is 2.50 bits per heavy atom. The molecule has 10 nitrogen and oxygen atoms in total. The number of hydrogen-bond acceptors (Lipinski definition) is 10. The summed E-state index contributed by atoms with van der Waals surface area (Å²) in [5.74, 6) is 2.08. The molecule has 3 aromatic rings. The number of aryl methyl sites for hydroxylation is 1. The van der Waals surface area contributed by atoms with E-state index in [-0.39, 0.29) is 11.5 Å². The van der Waals surface area contributed by atoms with Gasteiger partial charge in [-0.25, -0.2) is 14.2 Å². The number of nitrogens with one attached hydrogen (secondary N) is 2. The largest absolute Gasteiger partial charge is 0.375 e. The molecule has 1 fully saturated rings. The molecule has 0 unspecified atom stereocenters. The van der Waals surface area contributed by atoms with Crippen molar-refractivity contribution in [1.29, 1.82) is 0 Å². The summed E-state index contributed by atoms with van der Waals surface area (Å²) < 4.78 is 22.7. The van der Waals surface area contributed by atoms with Crippen LogP contribution >= 0.6 is 0 Å². The van der Waals surface area contributed by atoms with Crippen molar-refractivity contribution in [2.24, 2.45) is 4.36 Å². The molecule has 1 atom stereocenters. The van der Waals surface area contributed by atoms with Crippen LogP contribution in [0, 0.1) is 6.92 Å². The summed E-state index contributed by atoms with van der Waals surface area (Å²) >= 11 is 0. The average molecular weight is 595 g/mol. The maximum atomic E-state index is 12.2. The van der Waals surface area contributed by atoms with Crippen LogP contribution in [-0.2, 0) is 14.5 Å². The summed E-state index contributed by atoms with van der Waals surface area (Å²) in [5.41, 5.74) is 4.08. The van der Waals surface area contributed by atoms with E-state index in [0.29, 0.717) is 30.0 Å². The minimum atomic E-state index is -2.34. The maximum Gasteiger partial charge on any atom is 0.229 e. The van der Waals surface area contributed by atoms with E-state index in [2.05, 4.69) is 94.6 Å². The Hall–Kier alpha value is -3.28. The third-order valence-electron chi connectivity index (χ3n) is 7.51. The number of benzene rings is 1. The van der Waals surface area contributed by atoms with Gasteiger partial charge in [0.25, 0.3) is 0 Å². The summed E-state index contributed by atoms with van der Waals surface area (Å²) in [6.07, 6.45) is 5.94. The second kappa shape index (κ2) is 13.4. The number of nitrogens with zero attached hydrogens (tertiary/aromatic N) is 6. The van der Waals surface area contributed by atoms with Gasteiger partial charge in [0, 0.05) is 77.5 Å². The zero-order valence-electron chi connectivity index (χ0n) is 26.3. The van der Waals surface area contributed by atoms with Crippen molar-refractivity contribution < 1.29 is 8.95 Å². The van der Waals surface area contributed by atoms with Crippen LogP contribution in [0.15, 0.2) is 47.0 Å². The van der Waals surface area contributed by atoms with Gasteiger partial charge >= 0.3 is 0 Å². The highest BCUT2D eigenvalue weighted by Gasteiger charge is 2.21. The highest BCUT2D eigenvalue weighted by atomic mass is 32.2. The molecule has 42 heavy (non-hydrogen) atoms. The first kappa shape index (κ1) is 31.7. The third-order valence-corrected chi connectivity index (χ3v) is 8.14. The Kier molecular flexibility index (Phi) is 10.1. The van der Waals surface area contributed by atoms with E-state index in [1.807, 2.05) is 18.3 Å². The standard InChI is InChI=1S/C31H46N8O2S/c1-9-31(4,5)41-21-23(3)25-20-32-30(36-29(25)35-27-11-10-12-28(34-27)37-42(7,8)40)33-24-13-14-26(22(2)19-24)39-17-15-38(6)16-18-39/h10-14,19-20,23H,9,15-18,21H2,1-8H3,(H2,32,33,34,35,36)/t23-/m1/s1. The van der Waals surface area contributed by atoms with Gasteiger partial charge < -0.3 is 25.2 Å². The number of rotatable bonds is 11. The SMILES string of the molecule is CCC(C)(C)OC[C@@H](C)c1cnc(Nc2ccc(N3CCN(C)CC3)c(C)c2)nc1Nc1cccc(N=S(C)(C)=O)n1. The van der Waals surface area contributed by atoms with Crippen LogP contribution in [0.25, 0.3) is 0 Å². The lowest BCUT2D eigenvalue weighted by atomic mass is 10.0. The van der Waals surface area contributed by atoms with Crippen molar-refractivity contribution in [3.8, 4) is 0 Å². The van der Waals surface area contributed by atoms with Crippen molar-refractivity contribution in [3.63, 3.8) is 0 Å². The molecule has 0 amide bonds. The fourth-order valence-electron chi connectivity index (χ4n) is 4.61. The highest BCUT2D eigenvalue weighted by Crippen LogP contribution is 2.30. The van der Waals surface area contributed by atoms with E-state index < -0.39 is 9.73 Å². The van der Waals surface area contributed by atoms with Gasteiger partial charge in [0.15, 0.2) is 5.82 Å². The lowest BCUT2D eigenvalue weighted by Crippen LogP contribution is -2.44. The number of piperazine rings is 1. The van der Waals surface area contributed by atoms with E-state index in [9.17, 15) is 4.21 Å². The highest BCUT2D eigenvalue weighted by molar-refractivity contribution is 7.92. The predicted molar refractivity (Wildman–Crippen MR) is 175 cm³/mol. The number of aromatic nitrogens is 3. The van der Waals surface area contributed by atoms with E-state index >= 15 is 0 Å². The van der Waals surface area contributed by atoms with Gasteiger partial charge in [-0.1, -0.05) is 19.9 Å². The molecule has 0 radical (unpaired) electrons. The zero-order valence-corrected chi connectivity index (χ0v) is 27.1. The summed E-state index contributed by atoms with van der Waals surface area (Å²) in [6.45, 7) is 15.3. The normalized spacial score (nSPS) is 15.4. The molecule has 2 N–H and O–H groups in total. The zero-order chi connectivity index (χ0) is 30.5. The minimum absolute atomic E-state index is 0.0235. The minimum Gasteiger partial charge on any atom is -0.375 e. The smallest absolute Gasteiger partial charge is 0.229 e. The fourth-order valence-corrected chi connectivity index (χ4v) is 5.16. The van der Waals surface area contributed by atoms with Gasteiger partial charge in [-0.15, -0.1) is 0 Å². The monoisotopic (exact) mass is 594 g/mol. The Balaban J connectivity index is 1.60. The molecule has 2 aromatic heterocycles. The second-order valence-corrected chi connectivity index (χ2v) is 14.6. The molecule has 228 valence electrons. The predicted octanol–water partition coefficient (Wildman–Crippen LogP) is 6.09. The molecule has 0 saturated carbocycles. The Morgan fingerprint density at radius 1 is 1.10 bits per heavy atom. The van der Waals surface area contributed by atoms with Crippen molar-refractivity contribution in [2.45, 2.75) is 52.6 Å². The average Bonchev–Trinajstić information content (AvgIpc) is 2.92. The van der Waals surface area contributed by atoms with E-state index in [1.54, 1.807) is 18.6 Å². The Bertz CT molecular complexity index is 1490. The summed E-state index contributed by atoms with van der Waals surface area (Å²) in [4.78, 5) is 18.9. The Labute approximate surface area is 251 Å². The molecule has 1 aliphatic rings. The van der Waals surface area contributed by atoms with Crippen molar-refractivity contribution in [3.05, 3.63) is 53.7 Å². The summed E-state index contributed by atoms with van der Waals surface area (Å²) in [6, 6.07) is 11.8. The first-order valence-electron chi connectivity index (χ1n) is 14.5. The molecule has 0 aliphatic carbocycles. The van der Waals surface area contributed by atoms with Crippen LogP contribution in [0.2, 0.25) is 0 Å². The molecular formula is C31H46N8O2S. The number of likely N-dealkylation sites (N-methyl/N-ethyl adjacent to an activating group) is 1. The summed E-state index contributed by atoms with van der Waals surface area (Å²) in [7, 11) is -0.174. The summed E-state index contributed by atoms with van der Waals surface area (Å²) in [5, 5.41) is 6.75.